The van der Waals surface area contributed by atoms with Gasteiger partial charge < -0.3 is 5.32 Å². The van der Waals surface area contributed by atoms with Gasteiger partial charge in [-0.05, 0) is 30.5 Å². The molecule has 23 heavy (non-hydrogen) atoms. The summed E-state index contributed by atoms with van der Waals surface area (Å²) in [6.45, 7) is 0.787. The molecular formula is C14H16N4O3S2. The lowest BCUT2D eigenvalue weighted by atomic mass is 10.2. The normalized spacial score (nSPS) is 14.4. The van der Waals surface area contributed by atoms with Crippen molar-refractivity contribution in [1.82, 2.24) is 15.3 Å². The molecule has 7 nitrogen and oxygen atoms in total. The number of amides is 1. The summed E-state index contributed by atoms with van der Waals surface area (Å²) in [5.41, 5.74) is 0.937. The minimum atomic E-state index is -3.37. The summed E-state index contributed by atoms with van der Waals surface area (Å²) in [5, 5.41) is 3.08. The van der Waals surface area contributed by atoms with Crippen LogP contribution in [0.3, 0.4) is 0 Å². The standard InChI is InChI=1S/C14H16N4O3S2/c1-23(20,21)18-8-2-3-11-12(18)17-14(22-11)13(19)16-9-10-4-6-15-7-5-10/h4-7H,2-3,8-9H2,1H3,(H,16,19). The highest BCUT2D eigenvalue weighted by Gasteiger charge is 2.29. The van der Waals surface area contributed by atoms with Crippen molar-refractivity contribution in [3.8, 4) is 0 Å². The summed E-state index contributed by atoms with van der Waals surface area (Å²) < 4.78 is 24.9. The number of anilines is 1. The number of pyridine rings is 1. The van der Waals surface area contributed by atoms with Crippen LogP contribution in [0.2, 0.25) is 0 Å². The summed E-state index contributed by atoms with van der Waals surface area (Å²) in [7, 11) is -3.37. The molecule has 0 aliphatic carbocycles. The molecule has 0 aromatic carbocycles. The van der Waals surface area contributed by atoms with Gasteiger partial charge >= 0.3 is 0 Å². The van der Waals surface area contributed by atoms with Gasteiger partial charge in [0, 0.05) is 25.5 Å². The molecule has 3 rings (SSSR count). The Morgan fingerprint density at radius 2 is 2.13 bits per heavy atom. The Bertz CT molecular complexity index is 818. The van der Waals surface area contributed by atoms with Crippen LogP contribution >= 0.6 is 11.3 Å². The van der Waals surface area contributed by atoms with Crippen LogP contribution in [0.15, 0.2) is 24.5 Å². The highest BCUT2D eigenvalue weighted by molar-refractivity contribution is 7.92. The largest absolute Gasteiger partial charge is 0.346 e. The fourth-order valence-corrected chi connectivity index (χ4v) is 4.38. The van der Waals surface area contributed by atoms with Crippen molar-refractivity contribution in [3.63, 3.8) is 0 Å². The SMILES string of the molecule is CS(=O)(=O)N1CCCc2sc(C(=O)NCc3ccncc3)nc21. The Morgan fingerprint density at radius 1 is 1.39 bits per heavy atom. The first kappa shape index (κ1) is 15.9. The molecule has 1 amide bonds. The zero-order valence-corrected chi connectivity index (χ0v) is 14.2. The van der Waals surface area contributed by atoms with E-state index >= 15 is 0 Å². The lowest BCUT2D eigenvalue weighted by Gasteiger charge is -2.24. The maximum atomic E-state index is 12.2. The predicted octanol–water partition coefficient (Wildman–Crippen LogP) is 1.18. The number of aryl methyl sites for hydroxylation is 1. The van der Waals surface area contributed by atoms with E-state index in [-0.39, 0.29) is 5.91 Å². The molecule has 122 valence electrons. The van der Waals surface area contributed by atoms with Crippen LogP contribution in [0.4, 0.5) is 5.82 Å². The molecule has 1 aliphatic rings. The second-order valence-corrected chi connectivity index (χ2v) is 8.23. The van der Waals surface area contributed by atoms with Crippen molar-refractivity contribution in [2.24, 2.45) is 0 Å². The highest BCUT2D eigenvalue weighted by Crippen LogP contribution is 2.33. The number of hydrogen-bond acceptors (Lipinski definition) is 6. The average Bonchev–Trinajstić information content (AvgIpc) is 2.96. The number of nitrogens with one attached hydrogen (secondary N) is 1. The van der Waals surface area contributed by atoms with Crippen LogP contribution < -0.4 is 9.62 Å². The molecular weight excluding hydrogens is 336 g/mol. The van der Waals surface area contributed by atoms with Crippen molar-refractivity contribution in [3.05, 3.63) is 40.0 Å². The van der Waals surface area contributed by atoms with Crippen LogP contribution in [0, 0.1) is 0 Å². The van der Waals surface area contributed by atoms with Crippen LogP contribution in [0.1, 0.15) is 26.7 Å². The number of carbonyl (C=O) groups is 1. The Kier molecular flexibility index (Phi) is 4.31. The van der Waals surface area contributed by atoms with Gasteiger partial charge in [-0.25, -0.2) is 13.4 Å². The quantitative estimate of drug-likeness (QED) is 0.892. The van der Waals surface area contributed by atoms with E-state index < -0.39 is 10.0 Å². The third kappa shape index (κ3) is 3.50. The van der Waals surface area contributed by atoms with E-state index in [0.717, 1.165) is 29.5 Å². The summed E-state index contributed by atoms with van der Waals surface area (Å²) in [6.07, 6.45) is 5.96. The maximum Gasteiger partial charge on any atom is 0.280 e. The van der Waals surface area contributed by atoms with Crippen LogP contribution in [-0.4, -0.2) is 37.1 Å². The number of sulfonamides is 1. The average molecular weight is 352 g/mol. The van der Waals surface area contributed by atoms with Crippen LogP contribution in [0.25, 0.3) is 0 Å². The number of fused-ring (bicyclic) bond motifs is 1. The van der Waals surface area contributed by atoms with Crippen LogP contribution in [-0.2, 0) is 23.0 Å². The molecule has 0 bridgehead atoms. The molecule has 2 aromatic rings. The molecule has 3 heterocycles. The number of thiazole rings is 1. The number of rotatable bonds is 4. The number of aromatic nitrogens is 2. The number of carbonyl (C=O) groups excluding carboxylic acids is 1. The first-order valence-corrected chi connectivity index (χ1v) is 9.76. The predicted molar refractivity (Wildman–Crippen MR) is 88.0 cm³/mol. The number of nitrogens with zero attached hydrogens (tertiary/aromatic N) is 3. The second kappa shape index (κ2) is 6.25. The summed E-state index contributed by atoms with van der Waals surface area (Å²) in [6, 6.07) is 3.64. The molecule has 2 aromatic heterocycles. The van der Waals surface area contributed by atoms with E-state index in [1.807, 2.05) is 12.1 Å². The molecule has 0 spiro atoms. The zero-order valence-electron chi connectivity index (χ0n) is 12.5. The molecule has 0 unspecified atom stereocenters. The Morgan fingerprint density at radius 3 is 2.83 bits per heavy atom. The van der Waals surface area contributed by atoms with Gasteiger partial charge in [-0.15, -0.1) is 11.3 Å². The van der Waals surface area contributed by atoms with Crippen molar-refractivity contribution >= 4 is 33.1 Å². The molecule has 9 heteroatoms. The van der Waals surface area contributed by atoms with E-state index in [0.29, 0.717) is 23.9 Å². The summed E-state index contributed by atoms with van der Waals surface area (Å²) >= 11 is 1.26. The zero-order chi connectivity index (χ0) is 16.4. The van der Waals surface area contributed by atoms with E-state index in [1.165, 1.54) is 15.6 Å². The maximum absolute atomic E-state index is 12.2. The van der Waals surface area contributed by atoms with Gasteiger partial charge in [0.1, 0.15) is 0 Å². The topological polar surface area (TPSA) is 92.3 Å². The molecule has 1 N–H and O–H groups in total. The van der Waals surface area contributed by atoms with Crippen molar-refractivity contribution in [2.75, 3.05) is 17.1 Å². The van der Waals surface area contributed by atoms with Gasteiger partial charge in [0.25, 0.3) is 5.91 Å². The first-order chi connectivity index (χ1) is 10.9. The fourth-order valence-electron chi connectivity index (χ4n) is 2.37. The van der Waals surface area contributed by atoms with Gasteiger partial charge in [0.2, 0.25) is 10.0 Å². The fraction of sp³-hybridized carbons (Fsp3) is 0.357. The minimum absolute atomic E-state index is 0.291. The van der Waals surface area contributed by atoms with Gasteiger partial charge in [-0.3, -0.25) is 14.1 Å². The van der Waals surface area contributed by atoms with E-state index in [2.05, 4.69) is 15.3 Å². The lowest BCUT2D eigenvalue weighted by Crippen LogP contribution is -2.34. The minimum Gasteiger partial charge on any atom is -0.346 e. The third-order valence-corrected chi connectivity index (χ3v) is 5.73. The van der Waals surface area contributed by atoms with Crippen LogP contribution in [0.5, 0.6) is 0 Å². The molecule has 0 saturated heterocycles. The summed E-state index contributed by atoms with van der Waals surface area (Å²) in [4.78, 5) is 21.3. The van der Waals surface area contributed by atoms with Gasteiger partial charge in [0.05, 0.1) is 11.1 Å². The molecule has 0 saturated carbocycles. The van der Waals surface area contributed by atoms with E-state index in [4.69, 9.17) is 0 Å². The Balaban J connectivity index is 1.77. The van der Waals surface area contributed by atoms with Crippen molar-refractivity contribution in [2.45, 2.75) is 19.4 Å². The van der Waals surface area contributed by atoms with E-state index in [9.17, 15) is 13.2 Å². The molecule has 0 atom stereocenters. The third-order valence-electron chi connectivity index (χ3n) is 3.48. The molecule has 0 radical (unpaired) electrons. The van der Waals surface area contributed by atoms with E-state index in [1.54, 1.807) is 12.4 Å². The van der Waals surface area contributed by atoms with Gasteiger partial charge in [0.15, 0.2) is 10.8 Å². The van der Waals surface area contributed by atoms with Crippen molar-refractivity contribution < 1.29 is 13.2 Å². The summed E-state index contributed by atoms with van der Waals surface area (Å²) in [5.74, 6) is 0.104. The Labute approximate surface area is 138 Å². The number of hydrogen-bond donors (Lipinski definition) is 1. The highest BCUT2D eigenvalue weighted by atomic mass is 32.2. The molecule has 0 fully saturated rings. The second-order valence-electron chi connectivity index (χ2n) is 5.24. The molecule has 1 aliphatic heterocycles. The Hall–Kier alpha value is -2.00. The van der Waals surface area contributed by atoms with Gasteiger partial charge in [-0.2, -0.15) is 0 Å². The van der Waals surface area contributed by atoms with Crippen molar-refractivity contribution in [1.29, 1.82) is 0 Å². The van der Waals surface area contributed by atoms with Gasteiger partial charge in [-0.1, -0.05) is 0 Å². The monoisotopic (exact) mass is 352 g/mol. The lowest BCUT2D eigenvalue weighted by molar-refractivity contribution is 0.0950. The first-order valence-electron chi connectivity index (χ1n) is 7.09. The smallest absolute Gasteiger partial charge is 0.280 e.